The summed E-state index contributed by atoms with van der Waals surface area (Å²) in [5, 5.41) is 12.0. The number of benzene rings is 1. The molecule has 0 bridgehead atoms. The van der Waals surface area contributed by atoms with E-state index in [1.807, 2.05) is 30.3 Å². The number of hydrogen-bond acceptors (Lipinski definition) is 4. The highest BCUT2D eigenvalue weighted by Gasteiger charge is 2.73. The average Bonchev–Trinajstić information content (AvgIpc) is 2.65. The van der Waals surface area contributed by atoms with Crippen molar-refractivity contribution in [1.29, 1.82) is 0 Å². The van der Waals surface area contributed by atoms with Gasteiger partial charge in [0, 0.05) is 6.92 Å². The topological polar surface area (TPSA) is 86.7 Å². The molecule has 2 heterocycles. The molecule has 23 heavy (non-hydrogen) atoms. The van der Waals surface area contributed by atoms with E-state index in [0.717, 1.165) is 5.56 Å². The minimum absolute atomic E-state index is 0.268. The summed E-state index contributed by atoms with van der Waals surface area (Å²) < 4.78 is -0.853. The number of carboxylic acid groups (broad SMARTS) is 1. The smallest absolute Gasteiger partial charge is 0.352 e. The third kappa shape index (κ3) is 1.99. The van der Waals surface area contributed by atoms with Crippen LogP contribution in [-0.4, -0.2) is 43.6 Å². The lowest BCUT2D eigenvalue weighted by Gasteiger charge is -2.49. The zero-order chi connectivity index (χ0) is 17.0. The molecule has 0 aliphatic carbocycles. The number of thioether (sulfide) groups is 1. The summed E-state index contributed by atoms with van der Waals surface area (Å²) >= 11 is 1.41. The van der Waals surface area contributed by atoms with Gasteiger partial charge in [-0.3, -0.25) is 14.5 Å². The van der Waals surface area contributed by atoms with E-state index in [1.54, 1.807) is 13.8 Å². The lowest BCUT2D eigenvalue weighted by Crippen LogP contribution is -2.76. The van der Waals surface area contributed by atoms with Crippen molar-refractivity contribution in [3.05, 3.63) is 35.9 Å². The molecular formula is C16H18N2O4S. The van der Waals surface area contributed by atoms with Crippen LogP contribution in [0.1, 0.15) is 32.3 Å². The van der Waals surface area contributed by atoms with E-state index in [9.17, 15) is 19.5 Å². The van der Waals surface area contributed by atoms with Crippen molar-refractivity contribution in [2.75, 3.05) is 0 Å². The number of rotatable bonds is 3. The standard InChI is InChI=1S/C16H18N2O4S/c1-9(19)17-16(14(21)22)15(2,3)23-13-11(12(20)18(13)16)10-7-5-4-6-8-10/h4-8,11,13H,1-3H3,(H,17,19)(H,21,22)/t11?,13-,16?/m1/s1. The Bertz CT molecular complexity index is 691. The van der Waals surface area contributed by atoms with E-state index in [0.29, 0.717) is 0 Å². The molecule has 2 amide bonds. The van der Waals surface area contributed by atoms with Crippen LogP contribution in [0.5, 0.6) is 0 Å². The summed E-state index contributed by atoms with van der Waals surface area (Å²) in [6.45, 7) is 4.75. The Kier molecular flexibility index (Phi) is 3.44. The van der Waals surface area contributed by atoms with Gasteiger partial charge < -0.3 is 10.4 Å². The Morgan fingerprint density at radius 1 is 1.26 bits per heavy atom. The first-order chi connectivity index (χ1) is 10.7. The Balaban J connectivity index is 2.04. The first-order valence-corrected chi connectivity index (χ1v) is 8.18. The molecule has 0 spiro atoms. The van der Waals surface area contributed by atoms with Crippen molar-refractivity contribution in [3.63, 3.8) is 0 Å². The zero-order valence-corrected chi connectivity index (χ0v) is 13.9. The largest absolute Gasteiger partial charge is 0.478 e. The molecule has 6 nitrogen and oxygen atoms in total. The van der Waals surface area contributed by atoms with Gasteiger partial charge in [0.05, 0.1) is 16.0 Å². The zero-order valence-electron chi connectivity index (χ0n) is 13.1. The molecule has 1 aromatic carbocycles. The van der Waals surface area contributed by atoms with Gasteiger partial charge in [-0.2, -0.15) is 0 Å². The molecule has 1 aromatic rings. The molecule has 122 valence electrons. The van der Waals surface area contributed by atoms with Gasteiger partial charge in [-0.05, 0) is 19.4 Å². The number of nitrogens with one attached hydrogen (secondary N) is 1. The second-order valence-corrected chi connectivity index (χ2v) is 8.05. The molecule has 2 fully saturated rings. The Hall–Kier alpha value is -2.02. The molecular weight excluding hydrogens is 316 g/mol. The van der Waals surface area contributed by atoms with Crippen LogP contribution in [0.3, 0.4) is 0 Å². The number of fused-ring (bicyclic) bond motifs is 1. The maximum Gasteiger partial charge on any atom is 0.352 e. The highest BCUT2D eigenvalue weighted by Crippen LogP contribution is 2.60. The van der Waals surface area contributed by atoms with Crippen molar-refractivity contribution >= 4 is 29.5 Å². The molecule has 7 heteroatoms. The van der Waals surface area contributed by atoms with E-state index < -0.39 is 22.3 Å². The average molecular weight is 334 g/mol. The lowest BCUT2D eigenvalue weighted by atomic mass is 9.83. The second kappa shape index (κ2) is 4.99. The van der Waals surface area contributed by atoms with Gasteiger partial charge in [0.1, 0.15) is 0 Å². The van der Waals surface area contributed by atoms with Crippen molar-refractivity contribution in [1.82, 2.24) is 10.2 Å². The predicted molar refractivity (Wildman–Crippen MR) is 85.7 cm³/mol. The molecule has 2 aliphatic heterocycles. The minimum Gasteiger partial charge on any atom is -0.478 e. The summed E-state index contributed by atoms with van der Waals surface area (Å²) in [4.78, 5) is 37.7. The summed E-state index contributed by atoms with van der Waals surface area (Å²) in [6.07, 6.45) is 0. The first-order valence-electron chi connectivity index (χ1n) is 7.30. The number of β-lactam (4-membered cyclic amide) rings is 1. The molecule has 0 saturated carbocycles. The van der Waals surface area contributed by atoms with Gasteiger partial charge in [-0.1, -0.05) is 30.3 Å². The fourth-order valence-electron chi connectivity index (χ4n) is 3.47. The number of hydrogen-bond donors (Lipinski definition) is 2. The maximum atomic E-state index is 12.7. The number of nitrogens with zero attached hydrogens (tertiary/aromatic N) is 1. The highest BCUT2D eigenvalue weighted by molar-refractivity contribution is 8.01. The van der Waals surface area contributed by atoms with E-state index in [-0.39, 0.29) is 17.2 Å². The second-order valence-electron chi connectivity index (χ2n) is 6.31. The van der Waals surface area contributed by atoms with E-state index in [1.165, 1.54) is 23.6 Å². The van der Waals surface area contributed by atoms with Gasteiger partial charge >= 0.3 is 5.97 Å². The summed E-state index contributed by atoms with van der Waals surface area (Å²) in [7, 11) is 0. The first kappa shape index (κ1) is 15.9. The molecule has 0 aromatic heterocycles. The van der Waals surface area contributed by atoms with Crippen LogP contribution in [0.25, 0.3) is 0 Å². The molecule has 3 rings (SSSR count). The molecule has 3 atom stereocenters. The Morgan fingerprint density at radius 2 is 1.87 bits per heavy atom. The van der Waals surface area contributed by atoms with Gasteiger partial charge in [0.15, 0.2) is 0 Å². The van der Waals surface area contributed by atoms with Gasteiger partial charge in [-0.25, -0.2) is 4.79 Å². The van der Waals surface area contributed by atoms with E-state index >= 15 is 0 Å². The quantitative estimate of drug-likeness (QED) is 0.816. The van der Waals surface area contributed by atoms with Crippen molar-refractivity contribution in [2.45, 2.75) is 42.5 Å². The summed E-state index contributed by atoms with van der Waals surface area (Å²) in [5.74, 6) is -2.34. The fourth-order valence-corrected chi connectivity index (χ4v) is 5.25. The SMILES string of the molecule is CC(=O)NC1(C(=O)O)N2C(=O)C(c3ccccc3)[C@H]2SC1(C)C. The Morgan fingerprint density at radius 3 is 2.39 bits per heavy atom. The number of carbonyl (C=O) groups is 3. The van der Waals surface area contributed by atoms with E-state index in [4.69, 9.17) is 0 Å². The third-order valence-electron chi connectivity index (χ3n) is 4.52. The van der Waals surface area contributed by atoms with Crippen LogP contribution >= 0.6 is 11.8 Å². The number of carbonyl (C=O) groups excluding carboxylic acids is 2. The van der Waals surface area contributed by atoms with Crippen LogP contribution in [0, 0.1) is 0 Å². The number of aliphatic carboxylic acids is 1. The molecule has 2 N–H and O–H groups in total. The fraction of sp³-hybridized carbons (Fsp3) is 0.438. The van der Waals surface area contributed by atoms with Crippen molar-refractivity contribution in [2.24, 2.45) is 0 Å². The highest BCUT2D eigenvalue weighted by atomic mass is 32.2. The molecule has 2 aliphatic rings. The van der Waals surface area contributed by atoms with Crippen LogP contribution < -0.4 is 5.32 Å². The lowest BCUT2D eigenvalue weighted by molar-refractivity contribution is -0.175. The van der Waals surface area contributed by atoms with Gasteiger partial charge in [0.2, 0.25) is 17.5 Å². The van der Waals surface area contributed by atoms with Gasteiger partial charge in [-0.15, -0.1) is 11.8 Å². The molecule has 2 unspecified atom stereocenters. The normalized spacial score (nSPS) is 31.3. The summed E-state index contributed by atoms with van der Waals surface area (Å²) in [6, 6.07) is 9.32. The van der Waals surface area contributed by atoms with Crippen LogP contribution in [-0.2, 0) is 14.4 Å². The van der Waals surface area contributed by atoms with E-state index in [2.05, 4.69) is 5.32 Å². The van der Waals surface area contributed by atoms with Crippen molar-refractivity contribution < 1.29 is 19.5 Å². The van der Waals surface area contributed by atoms with Crippen LogP contribution in [0.2, 0.25) is 0 Å². The maximum absolute atomic E-state index is 12.7. The van der Waals surface area contributed by atoms with Crippen molar-refractivity contribution in [3.8, 4) is 0 Å². The number of carboxylic acids is 1. The number of amides is 2. The monoisotopic (exact) mass is 334 g/mol. The Labute approximate surface area is 138 Å². The third-order valence-corrected chi connectivity index (χ3v) is 6.13. The molecule has 2 saturated heterocycles. The summed E-state index contributed by atoms with van der Waals surface area (Å²) in [5.41, 5.74) is -0.859. The van der Waals surface area contributed by atoms with Gasteiger partial charge in [0.25, 0.3) is 0 Å². The molecule has 0 radical (unpaired) electrons. The minimum atomic E-state index is -1.73. The van der Waals surface area contributed by atoms with Crippen LogP contribution in [0.4, 0.5) is 0 Å². The van der Waals surface area contributed by atoms with Crippen LogP contribution in [0.15, 0.2) is 30.3 Å². The predicted octanol–water partition coefficient (Wildman–Crippen LogP) is 1.38.